The van der Waals surface area contributed by atoms with Crippen molar-refractivity contribution in [2.24, 2.45) is 4.99 Å². The molecule has 0 unspecified atom stereocenters. The molecule has 0 fully saturated rings. The number of halogens is 3. The van der Waals surface area contributed by atoms with Gasteiger partial charge in [0.15, 0.2) is 0 Å². The van der Waals surface area contributed by atoms with Crippen LogP contribution < -0.4 is 20.7 Å². The van der Waals surface area contributed by atoms with E-state index >= 15 is 0 Å². The number of hydrogen-bond donors (Lipinski definition) is 4. The van der Waals surface area contributed by atoms with Gasteiger partial charge in [-0.15, -0.1) is 0 Å². The number of alkyl halides is 1. The number of ether oxygens (including phenoxy) is 1. The molecule has 0 saturated heterocycles. The molecule has 0 aliphatic carbocycles. The van der Waals surface area contributed by atoms with Crippen LogP contribution in [0.15, 0.2) is 54.0 Å². The fourth-order valence-corrected chi connectivity index (χ4v) is 4.73. The van der Waals surface area contributed by atoms with Gasteiger partial charge in [0.25, 0.3) is 5.91 Å². The minimum absolute atomic E-state index is 0.0614. The smallest absolute Gasteiger partial charge is 0.411 e. The number of nitrogens with zero attached hydrogens (tertiary/aromatic N) is 2. The highest BCUT2D eigenvalue weighted by molar-refractivity contribution is 9.09. The van der Waals surface area contributed by atoms with Crippen molar-refractivity contribution < 1.29 is 24.2 Å². The lowest BCUT2D eigenvalue weighted by Crippen LogP contribution is -2.43. The fraction of sp³-hybridized carbons (Fsp3) is 0.160. The van der Waals surface area contributed by atoms with Crippen LogP contribution in [0.25, 0.3) is 11.3 Å². The van der Waals surface area contributed by atoms with Gasteiger partial charge in [-0.05, 0) is 60.4 Å². The van der Waals surface area contributed by atoms with Crippen molar-refractivity contribution >= 4 is 80.2 Å². The van der Waals surface area contributed by atoms with Crippen molar-refractivity contribution in [3.8, 4) is 17.0 Å². The van der Waals surface area contributed by atoms with Crippen molar-refractivity contribution in [1.29, 1.82) is 0 Å². The number of hydrogen-bond acceptors (Lipinski definition) is 7. The summed E-state index contributed by atoms with van der Waals surface area (Å²) in [6.45, 7) is 5.63. The van der Waals surface area contributed by atoms with Crippen molar-refractivity contribution in [3.63, 3.8) is 0 Å². The van der Waals surface area contributed by atoms with E-state index in [1.165, 1.54) is 12.1 Å². The normalized spacial score (nSPS) is 11.0. The lowest BCUT2D eigenvalue weighted by Gasteiger charge is -2.12. The maximum Gasteiger partial charge on any atom is 0.411 e. The Bertz CT molecular complexity index is 1410. The van der Waals surface area contributed by atoms with Crippen molar-refractivity contribution in [2.45, 2.75) is 13.5 Å². The molecule has 4 N–H and O–H groups in total. The molecule has 3 aromatic rings. The van der Waals surface area contributed by atoms with E-state index in [0.29, 0.717) is 34.1 Å². The van der Waals surface area contributed by atoms with Crippen LogP contribution in [-0.4, -0.2) is 45.3 Å². The molecule has 0 aliphatic rings. The number of aromatic nitrogens is 1. The first-order valence-electron chi connectivity index (χ1n) is 11.1. The summed E-state index contributed by atoms with van der Waals surface area (Å²) in [5.74, 6) is -0.606. The Balaban J connectivity index is 1.83. The summed E-state index contributed by atoms with van der Waals surface area (Å²) >= 11 is 16.7. The number of aryl methyl sites for hydroxylation is 1. The van der Waals surface area contributed by atoms with Gasteiger partial charge < -0.3 is 15.2 Å². The number of rotatable bonds is 9. The summed E-state index contributed by atoms with van der Waals surface area (Å²) in [5, 5.41) is 16.8. The van der Waals surface area contributed by atoms with Gasteiger partial charge in [0.2, 0.25) is 11.9 Å². The summed E-state index contributed by atoms with van der Waals surface area (Å²) in [6, 6.07) is 10.1. The number of carboxylic acid groups (broad SMARTS) is 1. The number of anilines is 1. The number of carbonyl (C=O) groups is 3. The van der Waals surface area contributed by atoms with Crippen molar-refractivity contribution in [3.05, 3.63) is 75.1 Å². The number of guanidine groups is 1. The van der Waals surface area contributed by atoms with Crippen LogP contribution >= 0.6 is 50.7 Å². The van der Waals surface area contributed by atoms with Gasteiger partial charge in [0.1, 0.15) is 12.4 Å². The van der Waals surface area contributed by atoms with Crippen LogP contribution in [0.1, 0.15) is 20.8 Å². The number of aliphatic imine (C=N–C) groups is 1. The lowest BCUT2D eigenvalue weighted by atomic mass is 10.1. The standard InChI is InChI=1S/C25H22BrCl2N5O5S/c1-3-8-38-16-6-4-15(5-7-16)21-20(13(2)39-33-21)23(35)31-24(32-25(36)37)29-12-14-9-17(27)22(18(28)10-14)30-19(34)11-26/h3-7,9-10H,1,8,11-12H2,2H3,(H,30,34)(H,36,37)(H2,29,31,32,35). The average Bonchev–Trinajstić information content (AvgIpc) is 3.29. The molecule has 14 heteroatoms. The first-order valence-corrected chi connectivity index (χ1v) is 13.8. The van der Waals surface area contributed by atoms with E-state index in [4.69, 9.17) is 27.9 Å². The Kier molecular flexibility index (Phi) is 10.9. The topological polar surface area (TPSA) is 142 Å². The van der Waals surface area contributed by atoms with Crippen LogP contribution in [0.2, 0.25) is 10.0 Å². The van der Waals surface area contributed by atoms with E-state index in [-0.39, 0.29) is 45.0 Å². The predicted octanol–water partition coefficient (Wildman–Crippen LogP) is 5.88. The van der Waals surface area contributed by atoms with Crippen LogP contribution in [0.4, 0.5) is 10.5 Å². The van der Waals surface area contributed by atoms with Crippen molar-refractivity contribution in [2.75, 3.05) is 17.3 Å². The molecule has 3 amide bonds. The Hall–Kier alpha value is -3.45. The largest absolute Gasteiger partial charge is 0.490 e. The van der Waals surface area contributed by atoms with E-state index in [1.54, 1.807) is 37.3 Å². The molecule has 0 aliphatic heterocycles. The van der Waals surface area contributed by atoms with Gasteiger partial charge in [-0.2, -0.15) is 4.37 Å². The second-order valence-electron chi connectivity index (χ2n) is 7.75. The Morgan fingerprint density at radius 2 is 1.85 bits per heavy atom. The molecule has 0 spiro atoms. The van der Waals surface area contributed by atoms with Gasteiger partial charge in [-0.1, -0.05) is 51.8 Å². The zero-order valence-electron chi connectivity index (χ0n) is 20.4. The molecule has 204 valence electrons. The third kappa shape index (κ3) is 8.27. The van der Waals surface area contributed by atoms with Crippen molar-refractivity contribution in [1.82, 2.24) is 15.0 Å². The molecule has 1 aromatic heterocycles. The number of amides is 3. The monoisotopic (exact) mass is 653 g/mol. The van der Waals surface area contributed by atoms with Gasteiger partial charge in [0.05, 0.1) is 38.9 Å². The maximum atomic E-state index is 13.2. The molecule has 10 nitrogen and oxygen atoms in total. The molecule has 39 heavy (non-hydrogen) atoms. The molecule has 0 saturated carbocycles. The van der Waals surface area contributed by atoms with E-state index in [1.807, 2.05) is 0 Å². The summed E-state index contributed by atoms with van der Waals surface area (Å²) in [7, 11) is 0. The van der Waals surface area contributed by atoms with Crippen LogP contribution in [0, 0.1) is 6.92 Å². The molecule has 0 radical (unpaired) electrons. The Morgan fingerprint density at radius 1 is 1.18 bits per heavy atom. The summed E-state index contributed by atoms with van der Waals surface area (Å²) in [5.41, 5.74) is 2.13. The zero-order valence-corrected chi connectivity index (χ0v) is 24.3. The highest BCUT2D eigenvalue weighted by Gasteiger charge is 2.22. The maximum absolute atomic E-state index is 13.2. The third-order valence-electron chi connectivity index (χ3n) is 4.95. The van der Waals surface area contributed by atoms with E-state index in [0.717, 1.165) is 11.5 Å². The first-order chi connectivity index (χ1) is 18.6. The number of nitrogens with one attached hydrogen (secondary N) is 3. The predicted molar refractivity (Wildman–Crippen MR) is 157 cm³/mol. The van der Waals surface area contributed by atoms with Gasteiger partial charge in [0, 0.05) is 10.4 Å². The SMILES string of the molecule is C=CCOc1ccc(-c2nsc(C)c2C(=O)NC(=NCc2cc(Cl)c(NC(=O)CBr)c(Cl)c2)NC(=O)O)cc1. The second-order valence-corrected chi connectivity index (χ2v) is 10.1. The second kappa shape index (κ2) is 14.1. The number of benzene rings is 2. The lowest BCUT2D eigenvalue weighted by molar-refractivity contribution is -0.113. The zero-order chi connectivity index (χ0) is 28.5. The summed E-state index contributed by atoms with van der Waals surface area (Å²) in [4.78, 5) is 41.1. The minimum atomic E-state index is -1.42. The van der Waals surface area contributed by atoms with Gasteiger partial charge in [-0.3, -0.25) is 20.2 Å². The molecule has 2 aromatic carbocycles. The molecular formula is C25H22BrCl2N5O5S. The Morgan fingerprint density at radius 3 is 2.44 bits per heavy atom. The average molecular weight is 655 g/mol. The van der Waals surface area contributed by atoms with E-state index in [2.05, 4.69) is 47.8 Å². The Labute approximate surface area is 246 Å². The molecule has 0 bridgehead atoms. The van der Waals surface area contributed by atoms with Crippen LogP contribution in [0.5, 0.6) is 5.75 Å². The molecule has 1 heterocycles. The highest BCUT2D eigenvalue weighted by atomic mass is 79.9. The highest BCUT2D eigenvalue weighted by Crippen LogP contribution is 2.32. The summed E-state index contributed by atoms with van der Waals surface area (Å²) in [6.07, 6.45) is 0.210. The van der Waals surface area contributed by atoms with Gasteiger partial charge in [-0.25, -0.2) is 9.79 Å². The van der Waals surface area contributed by atoms with Crippen LogP contribution in [-0.2, 0) is 11.3 Å². The third-order valence-corrected chi connectivity index (χ3v) is 6.81. The number of carbonyl (C=O) groups excluding carboxylic acids is 2. The van der Waals surface area contributed by atoms with Crippen LogP contribution in [0.3, 0.4) is 0 Å². The fourth-order valence-electron chi connectivity index (χ4n) is 3.26. The molecule has 0 atom stereocenters. The quantitative estimate of drug-likeness (QED) is 0.0983. The van der Waals surface area contributed by atoms with E-state index < -0.39 is 12.0 Å². The molecule has 3 rings (SSSR count). The summed E-state index contributed by atoms with van der Waals surface area (Å²) < 4.78 is 9.89. The first kappa shape index (κ1) is 30.1. The van der Waals surface area contributed by atoms with E-state index in [9.17, 15) is 19.5 Å². The van der Waals surface area contributed by atoms with Gasteiger partial charge >= 0.3 is 6.09 Å². The molecular weight excluding hydrogens is 633 g/mol. The minimum Gasteiger partial charge on any atom is -0.490 e.